The lowest BCUT2D eigenvalue weighted by molar-refractivity contribution is -0.137. The van der Waals surface area contributed by atoms with Gasteiger partial charge in [0.25, 0.3) is 0 Å². The van der Waals surface area contributed by atoms with Gasteiger partial charge in [-0.2, -0.15) is 13.2 Å². The Morgan fingerprint density at radius 3 is 2.28 bits per heavy atom. The lowest BCUT2D eigenvalue weighted by Crippen LogP contribution is -2.29. The van der Waals surface area contributed by atoms with E-state index < -0.39 is 12.6 Å². The molecule has 0 bridgehead atoms. The predicted octanol–water partition coefficient (Wildman–Crippen LogP) is 3.29. The van der Waals surface area contributed by atoms with Gasteiger partial charge in [-0.3, -0.25) is 0 Å². The lowest BCUT2D eigenvalue weighted by atomic mass is 10.2. The molecule has 0 spiro atoms. The first-order chi connectivity index (χ1) is 8.37. The minimum Gasteiger partial charge on any atom is -0.384 e. The number of nitrogens with one attached hydrogen (secondary N) is 1. The highest BCUT2D eigenvalue weighted by Gasteiger charge is 2.26. The van der Waals surface area contributed by atoms with Crippen molar-refractivity contribution >= 4 is 5.69 Å². The van der Waals surface area contributed by atoms with E-state index in [0.717, 1.165) is 5.69 Å². The van der Waals surface area contributed by atoms with Crippen LogP contribution in [0.4, 0.5) is 18.9 Å². The van der Waals surface area contributed by atoms with Gasteiger partial charge in [-0.25, -0.2) is 0 Å². The maximum absolute atomic E-state index is 12.0. The van der Waals surface area contributed by atoms with E-state index in [1.165, 1.54) is 5.56 Å². The van der Waals surface area contributed by atoms with Gasteiger partial charge in [-0.05, 0) is 26.1 Å². The molecule has 0 aliphatic rings. The summed E-state index contributed by atoms with van der Waals surface area (Å²) in [6.07, 6.45) is -4.83. The maximum Gasteiger partial charge on any atom is 0.390 e. The zero-order chi connectivity index (χ0) is 13.6. The summed E-state index contributed by atoms with van der Waals surface area (Å²) in [7, 11) is 1.70. The molecule has 0 aliphatic carbocycles. The smallest absolute Gasteiger partial charge is 0.384 e. The quantitative estimate of drug-likeness (QED) is 0.844. The highest BCUT2D eigenvalue weighted by molar-refractivity contribution is 5.44. The average molecular weight is 260 g/mol. The number of benzene rings is 1. The fourth-order valence-corrected chi connectivity index (χ4v) is 1.49. The van der Waals surface area contributed by atoms with Crippen molar-refractivity contribution in [3.05, 3.63) is 29.8 Å². The molecule has 0 aromatic heterocycles. The summed E-state index contributed by atoms with van der Waals surface area (Å²) < 4.78 is 36.0. The van der Waals surface area contributed by atoms with Gasteiger partial charge < -0.3 is 10.2 Å². The summed E-state index contributed by atoms with van der Waals surface area (Å²) in [5, 5.41) is 3.18. The largest absolute Gasteiger partial charge is 0.390 e. The van der Waals surface area contributed by atoms with Gasteiger partial charge in [0, 0.05) is 25.3 Å². The van der Waals surface area contributed by atoms with E-state index in [2.05, 4.69) is 5.32 Å². The minimum absolute atomic E-state index is 0.0408. The topological polar surface area (TPSA) is 15.3 Å². The Kier molecular flexibility index (Phi) is 5.47. The van der Waals surface area contributed by atoms with Crippen LogP contribution in [0.15, 0.2) is 24.3 Å². The number of hydrogen-bond acceptors (Lipinski definition) is 2. The maximum atomic E-state index is 12.0. The first-order valence-corrected chi connectivity index (χ1v) is 5.93. The molecule has 1 N–H and O–H groups in total. The molecule has 0 aliphatic heterocycles. The Morgan fingerprint density at radius 1 is 1.11 bits per heavy atom. The summed E-state index contributed by atoms with van der Waals surface area (Å²) in [6, 6.07) is 7.92. The fourth-order valence-electron chi connectivity index (χ4n) is 1.49. The molecule has 0 heterocycles. The molecule has 0 saturated carbocycles. The molecule has 5 heteroatoms. The molecule has 0 fully saturated rings. The summed E-state index contributed by atoms with van der Waals surface area (Å²) >= 11 is 0. The van der Waals surface area contributed by atoms with Crippen LogP contribution in [0.3, 0.4) is 0 Å². The third kappa shape index (κ3) is 6.49. The van der Waals surface area contributed by atoms with E-state index in [4.69, 9.17) is 0 Å². The molecule has 2 nitrogen and oxygen atoms in total. The van der Waals surface area contributed by atoms with E-state index in [-0.39, 0.29) is 6.54 Å². The van der Waals surface area contributed by atoms with Gasteiger partial charge in [0.1, 0.15) is 0 Å². The van der Waals surface area contributed by atoms with Crippen LogP contribution in [0.2, 0.25) is 0 Å². The van der Waals surface area contributed by atoms with Crippen molar-refractivity contribution in [2.24, 2.45) is 0 Å². The Labute approximate surface area is 106 Å². The van der Waals surface area contributed by atoms with Crippen LogP contribution >= 0.6 is 0 Å². The fraction of sp³-hybridized carbons (Fsp3) is 0.538. The Bertz CT molecular complexity index is 346. The van der Waals surface area contributed by atoms with E-state index in [1.807, 2.05) is 31.2 Å². The number of hydrogen-bond donors (Lipinski definition) is 1. The Hall–Kier alpha value is -1.23. The van der Waals surface area contributed by atoms with Crippen LogP contribution in [0.5, 0.6) is 0 Å². The predicted molar refractivity (Wildman–Crippen MR) is 67.8 cm³/mol. The number of rotatable bonds is 6. The number of nitrogens with zero attached hydrogens (tertiary/aromatic N) is 1. The van der Waals surface area contributed by atoms with Crippen molar-refractivity contribution in [1.82, 2.24) is 4.90 Å². The van der Waals surface area contributed by atoms with E-state index in [9.17, 15) is 13.2 Å². The van der Waals surface area contributed by atoms with Crippen molar-refractivity contribution in [2.45, 2.75) is 19.5 Å². The molecule has 1 aromatic carbocycles. The number of halogens is 3. The summed E-state index contributed by atoms with van der Waals surface area (Å²) in [4.78, 5) is 1.68. The van der Waals surface area contributed by atoms with Crippen molar-refractivity contribution in [3.63, 3.8) is 0 Å². The van der Waals surface area contributed by atoms with Gasteiger partial charge in [0.15, 0.2) is 0 Å². The molecule has 0 atom stereocenters. The number of likely N-dealkylation sites (N-methyl/N-ethyl adjacent to an activating group) is 1. The number of anilines is 1. The van der Waals surface area contributed by atoms with Gasteiger partial charge in [-0.15, -0.1) is 0 Å². The second-order valence-electron chi connectivity index (χ2n) is 4.46. The van der Waals surface area contributed by atoms with E-state index in [1.54, 1.807) is 11.9 Å². The molecule has 0 amide bonds. The second kappa shape index (κ2) is 6.64. The second-order valence-corrected chi connectivity index (χ2v) is 4.46. The third-order valence-electron chi connectivity index (χ3n) is 2.65. The summed E-state index contributed by atoms with van der Waals surface area (Å²) in [5.41, 5.74) is 2.17. The van der Waals surface area contributed by atoms with Crippen LogP contribution in [0, 0.1) is 6.92 Å². The van der Waals surface area contributed by atoms with Gasteiger partial charge >= 0.3 is 6.18 Å². The molecule has 1 aromatic rings. The van der Waals surface area contributed by atoms with Gasteiger partial charge in [-0.1, -0.05) is 17.7 Å². The van der Waals surface area contributed by atoms with Crippen molar-refractivity contribution < 1.29 is 13.2 Å². The standard InChI is InChI=1S/C13H19F3N2/c1-11-3-5-12(6-4-11)17-8-10-18(2)9-7-13(14,15)16/h3-6,17H,7-10H2,1-2H3. The molecule has 18 heavy (non-hydrogen) atoms. The van der Waals surface area contributed by atoms with Crippen molar-refractivity contribution in [1.29, 1.82) is 0 Å². The first-order valence-electron chi connectivity index (χ1n) is 5.93. The van der Waals surface area contributed by atoms with Gasteiger partial charge in [0.05, 0.1) is 6.42 Å². The molecule has 0 unspecified atom stereocenters. The first kappa shape index (κ1) is 14.8. The third-order valence-corrected chi connectivity index (χ3v) is 2.65. The van der Waals surface area contributed by atoms with Crippen LogP contribution in [0.25, 0.3) is 0 Å². The van der Waals surface area contributed by atoms with Crippen molar-refractivity contribution in [3.8, 4) is 0 Å². The highest BCUT2D eigenvalue weighted by atomic mass is 19.4. The monoisotopic (exact) mass is 260 g/mol. The zero-order valence-electron chi connectivity index (χ0n) is 10.7. The number of alkyl halides is 3. The SMILES string of the molecule is Cc1ccc(NCCN(C)CCC(F)(F)F)cc1. The van der Waals surface area contributed by atoms with Gasteiger partial charge in [0.2, 0.25) is 0 Å². The minimum atomic E-state index is -4.07. The van der Waals surface area contributed by atoms with E-state index in [0.29, 0.717) is 13.1 Å². The molecular formula is C13H19F3N2. The zero-order valence-corrected chi connectivity index (χ0v) is 10.7. The molecule has 0 saturated heterocycles. The molecule has 102 valence electrons. The van der Waals surface area contributed by atoms with Crippen LogP contribution < -0.4 is 5.32 Å². The van der Waals surface area contributed by atoms with Crippen LogP contribution in [-0.4, -0.2) is 37.8 Å². The molecular weight excluding hydrogens is 241 g/mol. The molecule has 1 rings (SSSR count). The Balaban J connectivity index is 2.19. The highest BCUT2D eigenvalue weighted by Crippen LogP contribution is 2.19. The average Bonchev–Trinajstić information content (AvgIpc) is 2.28. The van der Waals surface area contributed by atoms with E-state index >= 15 is 0 Å². The Morgan fingerprint density at radius 2 is 1.72 bits per heavy atom. The van der Waals surface area contributed by atoms with Crippen LogP contribution in [-0.2, 0) is 0 Å². The lowest BCUT2D eigenvalue weighted by Gasteiger charge is -2.18. The normalized spacial score (nSPS) is 11.9. The molecule has 0 radical (unpaired) electrons. The summed E-state index contributed by atoms with van der Waals surface area (Å²) in [5.74, 6) is 0. The number of aryl methyl sites for hydroxylation is 1. The van der Waals surface area contributed by atoms with Crippen molar-refractivity contribution in [2.75, 3.05) is 32.0 Å². The summed E-state index contributed by atoms with van der Waals surface area (Å²) in [6.45, 7) is 3.27. The van der Waals surface area contributed by atoms with Crippen LogP contribution in [0.1, 0.15) is 12.0 Å².